The van der Waals surface area contributed by atoms with Crippen LogP contribution in [0.5, 0.6) is 5.75 Å². The molecule has 160 valence electrons. The maximum absolute atomic E-state index is 11.8. The maximum Gasteiger partial charge on any atom is 0.374 e. The van der Waals surface area contributed by atoms with Crippen molar-refractivity contribution >= 4 is 28.6 Å². The number of fused-ring (bicyclic) bond motifs is 1. The summed E-state index contributed by atoms with van der Waals surface area (Å²) in [6.45, 7) is 6.54. The van der Waals surface area contributed by atoms with E-state index in [0.717, 1.165) is 11.2 Å². The lowest BCUT2D eigenvalue weighted by atomic mass is 9.87. The summed E-state index contributed by atoms with van der Waals surface area (Å²) in [7, 11) is 1.93. The van der Waals surface area contributed by atoms with E-state index in [4.69, 9.17) is 9.72 Å². The van der Waals surface area contributed by atoms with Crippen molar-refractivity contribution in [3.05, 3.63) is 72.5 Å². The Bertz CT molecular complexity index is 1200. The number of hydrogen-bond donors (Lipinski definition) is 3. The van der Waals surface area contributed by atoms with E-state index in [1.807, 2.05) is 29.8 Å². The zero-order valence-electron chi connectivity index (χ0n) is 18.0. The van der Waals surface area contributed by atoms with Gasteiger partial charge < -0.3 is 25.0 Å². The second-order valence-corrected chi connectivity index (χ2v) is 8.61. The first-order chi connectivity index (χ1) is 14.7. The Morgan fingerprint density at radius 2 is 2.00 bits per heavy atom. The summed E-state index contributed by atoms with van der Waals surface area (Å²) >= 11 is 0. The molecule has 3 aromatic rings. The van der Waals surface area contributed by atoms with Gasteiger partial charge in [-0.25, -0.2) is 9.78 Å². The first kappa shape index (κ1) is 20.5. The summed E-state index contributed by atoms with van der Waals surface area (Å²) in [6, 6.07) is 13.6. The Morgan fingerprint density at radius 1 is 1.19 bits per heavy atom. The predicted octanol–water partition coefficient (Wildman–Crippen LogP) is 4.45. The molecule has 1 unspecified atom stereocenters. The molecule has 0 saturated carbocycles. The highest BCUT2D eigenvalue weighted by Crippen LogP contribution is 2.29. The van der Waals surface area contributed by atoms with Crippen molar-refractivity contribution in [2.75, 3.05) is 5.32 Å². The van der Waals surface area contributed by atoms with Crippen LogP contribution >= 0.6 is 0 Å². The highest BCUT2D eigenvalue weighted by atomic mass is 16.5. The highest BCUT2D eigenvalue weighted by Gasteiger charge is 2.38. The maximum atomic E-state index is 11.8. The number of carbonyl (C=O) groups is 1. The van der Waals surface area contributed by atoms with Crippen molar-refractivity contribution in [1.29, 1.82) is 0 Å². The van der Waals surface area contributed by atoms with E-state index in [2.05, 4.69) is 43.5 Å². The van der Waals surface area contributed by atoms with Crippen molar-refractivity contribution in [1.82, 2.24) is 14.9 Å². The number of benzene rings is 2. The number of ether oxygens (including phenoxy) is 1. The summed E-state index contributed by atoms with van der Waals surface area (Å²) in [5.41, 5.74) is 2.19. The Hall–Kier alpha value is -3.74. The second-order valence-electron chi connectivity index (χ2n) is 8.61. The number of nitrogens with zero attached hydrogens (tertiary/aromatic N) is 2. The number of allylic oxidation sites excluding steroid dienone is 2. The minimum absolute atomic E-state index is 0.0488. The molecule has 2 heterocycles. The van der Waals surface area contributed by atoms with E-state index in [1.54, 1.807) is 30.5 Å². The lowest BCUT2D eigenvalue weighted by Gasteiger charge is -2.28. The number of carboxylic acids is 1. The van der Waals surface area contributed by atoms with Gasteiger partial charge >= 0.3 is 5.97 Å². The molecule has 0 bridgehead atoms. The van der Waals surface area contributed by atoms with Crippen LogP contribution in [0.15, 0.2) is 66.9 Å². The quantitative estimate of drug-likeness (QED) is 0.567. The molecule has 1 atom stereocenters. The molecule has 1 aliphatic rings. The molecule has 1 aromatic heterocycles. The molecule has 0 fully saturated rings. The van der Waals surface area contributed by atoms with Crippen molar-refractivity contribution in [3.63, 3.8) is 0 Å². The van der Waals surface area contributed by atoms with Gasteiger partial charge in [0.2, 0.25) is 5.95 Å². The third kappa shape index (κ3) is 3.99. The van der Waals surface area contributed by atoms with E-state index in [0.29, 0.717) is 17.2 Å². The van der Waals surface area contributed by atoms with E-state index in [9.17, 15) is 9.90 Å². The van der Waals surface area contributed by atoms with Crippen molar-refractivity contribution in [2.45, 2.75) is 31.9 Å². The number of aliphatic carboxylic acids is 1. The predicted molar refractivity (Wildman–Crippen MR) is 122 cm³/mol. The molecule has 7 nitrogen and oxygen atoms in total. The van der Waals surface area contributed by atoms with Crippen molar-refractivity contribution < 1.29 is 14.6 Å². The number of carboxylic acid groups (broad SMARTS) is 1. The van der Waals surface area contributed by atoms with Crippen LogP contribution in [0.2, 0.25) is 0 Å². The minimum atomic E-state index is -1.65. The number of hydrogen-bond acceptors (Lipinski definition) is 5. The molecule has 2 aromatic carbocycles. The van der Waals surface area contributed by atoms with Gasteiger partial charge in [-0.3, -0.25) is 0 Å². The van der Waals surface area contributed by atoms with Gasteiger partial charge in [0.1, 0.15) is 5.75 Å². The molecule has 0 spiro atoms. The Morgan fingerprint density at radius 3 is 2.68 bits per heavy atom. The Kier molecular flexibility index (Phi) is 4.97. The van der Waals surface area contributed by atoms with Crippen LogP contribution in [-0.2, 0) is 17.3 Å². The Balaban J connectivity index is 1.63. The minimum Gasteiger partial charge on any atom is -0.477 e. The summed E-state index contributed by atoms with van der Waals surface area (Å²) in [6.07, 6.45) is 6.35. The van der Waals surface area contributed by atoms with Crippen LogP contribution in [0.25, 0.3) is 11.0 Å². The number of aryl methyl sites for hydroxylation is 1. The van der Waals surface area contributed by atoms with E-state index in [1.165, 1.54) is 11.6 Å². The lowest BCUT2D eigenvalue weighted by Crippen LogP contribution is -2.53. The number of nitrogens with one attached hydrogen (secondary N) is 2. The number of aromatic nitrogens is 2. The molecule has 31 heavy (non-hydrogen) atoms. The average Bonchev–Trinajstić information content (AvgIpc) is 3.03. The number of imidazole rings is 1. The van der Waals surface area contributed by atoms with Gasteiger partial charge in [0.05, 0.1) is 11.0 Å². The molecule has 7 heteroatoms. The number of dihydropyridines is 1. The van der Waals surface area contributed by atoms with Crippen molar-refractivity contribution in [3.8, 4) is 5.75 Å². The molecule has 0 saturated heterocycles. The number of rotatable bonds is 5. The van der Waals surface area contributed by atoms with Gasteiger partial charge in [0.15, 0.2) is 0 Å². The van der Waals surface area contributed by atoms with E-state index >= 15 is 0 Å². The Labute approximate surface area is 181 Å². The van der Waals surface area contributed by atoms with Gasteiger partial charge in [-0.1, -0.05) is 39.0 Å². The molecule has 3 N–H and O–H groups in total. The molecular formula is C24H26N4O3. The molecule has 0 radical (unpaired) electrons. The third-order valence-electron chi connectivity index (χ3n) is 5.27. The van der Waals surface area contributed by atoms with Gasteiger partial charge in [0.25, 0.3) is 5.72 Å². The zero-order chi connectivity index (χ0) is 22.2. The second kappa shape index (κ2) is 7.50. The standard InChI is InChI=1S/C24H26N4O3/c1-23(2,3)16-8-7-9-17(14-16)26-22-27-19-15-18(10-11-20(19)28(22)4)31-24(21(29)30)12-5-6-13-25-24/h5-15,25H,1-4H3,(H,26,27)(H,29,30). The molecular weight excluding hydrogens is 392 g/mol. The van der Waals surface area contributed by atoms with Crippen LogP contribution in [0.4, 0.5) is 11.6 Å². The van der Waals surface area contributed by atoms with E-state index in [-0.39, 0.29) is 5.41 Å². The smallest absolute Gasteiger partial charge is 0.374 e. The van der Waals surface area contributed by atoms with Crippen molar-refractivity contribution in [2.24, 2.45) is 7.05 Å². The zero-order valence-corrected chi connectivity index (χ0v) is 18.0. The molecule has 0 amide bonds. The van der Waals surface area contributed by atoms with E-state index < -0.39 is 11.7 Å². The summed E-state index contributed by atoms with van der Waals surface area (Å²) < 4.78 is 7.77. The summed E-state index contributed by atoms with van der Waals surface area (Å²) in [5, 5.41) is 15.8. The topological polar surface area (TPSA) is 88.4 Å². The summed E-state index contributed by atoms with van der Waals surface area (Å²) in [4.78, 5) is 16.5. The fourth-order valence-corrected chi connectivity index (χ4v) is 3.44. The SMILES string of the molecule is Cn1c(Nc2cccc(C(C)(C)C)c2)nc2cc(OC3(C(=O)O)C=CC=CN3)ccc21. The summed E-state index contributed by atoms with van der Waals surface area (Å²) in [5.74, 6) is -0.0400. The molecule has 1 aliphatic heterocycles. The monoisotopic (exact) mass is 418 g/mol. The average molecular weight is 418 g/mol. The first-order valence-electron chi connectivity index (χ1n) is 10.1. The van der Waals surface area contributed by atoms with Crippen LogP contribution < -0.4 is 15.4 Å². The third-order valence-corrected chi connectivity index (χ3v) is 5.27. The largest absolute Gasteiger partial charge is 0.477 e. The van der Waals surface area contributed by atoms with Gasteiger partial charge in [-0.15, -0.1) is 0 Å². The fourth-order valence-electron chi connectivity index (χ4n) is 3.44. The highest BCUT2D eigenvalue weighted by molar-refractivity contribution is 5.83. The molecule has 0 aliphatic carbocycles. The number of anilines is 2. The van der Waals surface area contributed by atoms with Crippen LogP contribution in [0.3, 0.4) is 0 Å². The van der Waals surface area contributed by atoms with Gasteiger partial charge in [-0.2, -0.15) is 0 Å². The van der Waals surface area contributed by atoms with Crippen LogP contribution in [0, 0.1) is 0 Å². The van der Waals surface area contributed by atoms with Gasteiger partial charge in [0, 0.05) is 25.0 Å². The fraction of sp³-hybridized carbons (Fsp3) is 0.250. The van der Waals surface area contributed by atoms with Gasteiger partial charge in [-0.05, 0) is 47.4 Å². The lowest BCUT2D eigenvalue weighted by molar-refractivity contribution is -0.152. The molecule has 4 rings (SSSR count). The normalized spacial score (nSPS) is 18.1. The van der Waals surface area contributed by atoms with Crippen LogP contribution in [0.1, 0.15) is 26.3 Å². The first-order valence-corrected chi connectivity index (χ1v) is 10.1. The van der Waals surface area contributed by atoms with Crippen LogP contribution in [-0.4, -0.2) is 26.4 Å².